The molecule has 1 nitrogen and oxygen atoms in total. The third-order valence-corrected chi connectivity index (χ3v) is 4.73. The summed E-state index contributed by atoms with van der Waals surface area (Å²) in [7, 11) is 2.04. The molecule has 0 aliphatic carbocycles. The van der Waals surface area contributed by atoms with Crippen LogP contribution in [0.15, 0.2) is 21.1 Å². The normalized spacial score (nSPS) is 13.7. The van der Waals surface area contributed by atoms with Gasteiger partial charge in [0.1, 0.15) is 0 Å². The molecule has 1 unspecified atom stereocenters. The molecule has 1 rings (SSSR count). The van der Waals surface area contributed by atoms with Crippen molar-refractivity contribution >= 4 is 31.9 Å². The van der Waals surface area contributed by atoms with Crippen molar-refractivity contribution < 1.29 is 0 Å². The van der Waals surface area contributed by atoms with Crippen LogP contribution < -0.4 is 5.32 Å². The topological polar surface area (TPSA) is 12.0 Å². The van der Waals surface area contributed by atoms with Gasteiger partial charge in [-0.25, -0.2) is 0 Å². The van der Waals surface area contributed by atoms with E-state index in [1.165, 1.54) is 26.5 Å². The van der Waals surface area contributed by atoms with E-state index < -0.39 is 0 Å². The molecule has 0 radical (unpaired) electrons. The first-order valence-electron chi connectivity index (χ1n) is 6.37. The molecule has 0 aliphatic rings. The molecule has 0 fully saturated rings. The van der Waals surface area contributed by atoms with Crippen LogP contribution in [0.1, 0.15) is 50.8 Å². The SMILES string of the molecule is CNC(CCC(C)(C)C)c1cc(Br)c(C)cc1Br. The van der Waals surface area contributed by atoms with Crippen molar-refractivity contribution in [1.29, 1.82) is 0 Å². The van der Waals surface area contributed by atoms with E-state index in [4.69, 9.17) is 0 Å². The zero-order valence-electron chi connectivity index (χ0n) is 11.9. The van der Waals surface area contributed by atoms with Crippen molar-refractivity contribution in [1.82, 2.24) is 5.32 Å². The van der Waals surface area contributed by atoms with Gasteiger partial charge < -0.3 is 5.32 Å². The van der Waals surface area contributed by atoms with Crippen molar-refractivity contribution in [3.63, 3.8) is 0 Å². The molecular weight excluding hydrogens is 354 g/mol. The number of aryl methyl sites for hydroxylation is 1. The van der Waals surface area contributed by atoms with Gasteiger partial charge in [-0.1, -0.05) is 52.6 Å². The van der Waals surface area contributed by atoms with E-state index in [-0.39, 0.29) is 0 Å². The number of halogens is 2. The molecule has 0 heterocycles. The smallest absolute Gasteiger partial charge is 0.0329 e. The van der Waals surface area contributed by atoms with E-state index in [0.29, 0.717) is 11.5 Å². The monoisotopic (exact) mass is 375 g/mol. The van der Waals surface area contributed by atoms with Crippen LogP contribution in [0.4, 0.5) is 0 Å². The highest BCUT2D eigenvalue weighted by atomic mass is 79.9. The molecule has 1 atom stereocenters. The molecule has 0 bridgehead atoms. The summed E-state index contributed by atoms with van der Waals surface area (Å²) in [6.07, 6.45) is 2.35. The highest BCUT2D eigenvalue weighted by Gasteiger charge is 2.18. The van der Waals surface area contributed by atoms with Gasteiger partial charge in [-0.2, -0.15) is 0 Å². The highest BCUT2D eigenvalue weighted by molar-refractivity contribution is 9.11. The summed E-state index contributed by atoms with van der Waals surface area (Å²) in [6, 6.07) is 4.81. The fourth-order valence-corrected chi connectivity index (χ4v) is 3.06. The summed E-state index contributed by atoms with van der Waals surface area (Å²) in [5.41, 5.74) is 2.97. The van der Waals surface area contributed by atoms with Crippen LogP contribution in [-0.4, -0.2) is 7.05 Å². The Morgan fingerprint density at radius 3 is 2.28 bits per heavy atom. The van der Waals surface area contributed by atoms with Gasteiger partial charge in [0.15, 0.2) is 0 Å². The summed E-state index contributed by atoms with van der Waals surface area (Å²) in [5.74, 6) is 0. The van der Waals surface area contributed by atoms with Crippen LogP contribution in [0.2, 0.25) is 0 Å². The van der Waals surface area contributed by atoms with Gasteiger partial charge in [0.2, 0.25) is 0 Å². The number of nitrogens with one attached hydrogen (secondary N) is 1. The molecule has 1 N–H and O–H groups in total. The second-order valence-electron chi connectivity index (χ2n) is 6.06. The molecule has 0 aromatic heterocycles. The van der Waals surface area contributed by atoms with E-state index in [1.807, 2.05) is 7.05 Å². The minimum Gasteiger partial charge on any atom is -0.313 e. The first-order valence-corrected chi connectivity index (χ1v) is 7.96. The van der Waals surface area contributed by atoms with Crippen molar-refractivity contribution in [2.45, 2.75) is 46.6 Å². The van der Waals surface area contributed by atoms with Crippen LogP contribution in [0.3, 0.4) is 0 Å². The summed E-state index contributed by atoms with van der Waals surface area (Å²) >= 11 is 7.30. The molecule has 0 aliphatic heterocycles. The third-order valence-electron chi connectivity index (χ3n) is 3.18. The maximum atomic E-state index is 3.68. The van der Waals surface area contributed by atoms with Crippen LogP contribution in [0, 0.1) is 12.3 Å². The van der Waals surface area contributed by atoms with E-state index in [1.54, 1.807) is 0 Å². The predicted molar refractivity (Wildman–Crippen MR) is 87.1 cm³/mol. The zero-order valence-corrected chi connectivity index (χ0v) is 15.1. The summed E-state index contributed by atoms with van der Waals surface area (Å²) in [4.78, 5) is 0. The Kier molecular flexibility index (Phi) is 5.88. The van der Waals surface area contributed by atoms with Crippen molar-refractivity contribution in [3.05, 3.63) is 32.2 Å². The molecule has 102 valence electrons. The second kappa shape index (κ2) is 6.53. The lowest BCUT2D eigenvalue weighted by atomic mass is 9.87. The van der Waals surface area contributed by atoms with Gasteiger partial charge in [-0.05, 0) is 55.5 Å². The summed E-state index contributed by atoms with van der Waals surface area (Å²) < 4.78 is 2.37. The summed E-state index contributed by atoms with van der Waals surface area (Å²) in [5, 5.41) is 3.43. The lowest BCUT2D eigenvalue weighted by Gasteiger charge is -2.24. The van der Waals surface area contributed by atoms with Crippen molar-refractivity contribution in [2.24, 2.45) is 5.41 Å². The minimum absolute atomic E-state index is 0.378. The largest absolute Gasteiger partial charge is 0.313 e. The number of rotatable bonds is 4. The average molecular weight is 377 g/mol. The molecule has 0 saturated heterocycles. The Bertz CT molecular complexity index is 408. The zero-order chi connectivity index (χ0) is 13.9. The fraction of sp³-hybridized carbons (Fsp3) is 0.600. The lowest BCUT2D eigenvalue weighted by Crippen LogP contribution is -2.19. The quantitative estimate of drug-likeness (QED) is 0.720. The maximum absolute atomic E-state index is 3.68. The Morgan fingerprint density at radius 2 is 1.78 bits per heavy atom. The van der Waals surface area contributed by atoms with Crippen LogP contribution >= 0.6 is 31.9 Å². The van der Waals surface area contributed by atoms with E-state index in [0.717, 1.165) is 6.42 Å². The van der Waals surface area contributed by atoms with Crippen molar-refractivity contribution in [3.8, 4) is 0 Å². The number of hydrogen-bond acceptors (Lipinski definition) is 1. The minimum atomic E-state index is 0.378. The molecule has 18 heavy (non-hydrogen) atoms. The van der Waals surface area contributed by atoms with Gasteiger partial charge in [0.25, 0.3) is 0 Å². The Balaban J connectivity index is 2.92. The Hall–Kier alpha value is 0.140. The molecule has 1 aromatic carbocycles. The Morgan fingerprint density at radius 1 is 1.17 bits per heavy atom. The Labute approximate surface area is 128 Å². The number of hydrogen-bond donors (Lipinski definition) is 1. The van der Waals surface area contributed by atoms with Gasteiger partial charge in [0, 0.05) is 15.0 Å². The van der Waals surface area contributed by atoms with E-state index >= 15 is 0 Å². The van der Waals surface area contributed by atoms with Gasteiger partial charge in [0.05, 0.1) is 0 Å². The third kappa shape index (κ3) is 4.67. The first kappa shape index (κ1) is 16.2. The fourth-order valence-electron chi connectivity index (χ4n) is 1.96. The molecule has 1 aromatic rings. The molecule has 0 saturated carbocycles. The second-order valence-corrected chi connectivity index (χ2v) is 7.77. The molecule has 0 spiro atoms. The highest BCUT2D eigenvalue weighted by Crippen LogP contribution is 2.33. The summed E-state index contributed by atoms with van der Waals surface area (Å²) in [6.45, 7) is 8.99. The van der Waals surface area contributed by atoms with Gasteiger partial charge in [-0.3, -0.25) is 0 Å². The van der Waals surface area contributed by atoms with Crippen LogP contribution in [0.25, 0.3) is 0 Å². The molecule has 3 heteroatoms. The molecule has 0 amide bonds. The first-order chi connectivity index (χ1) is 8.24. The maximum Gasteiger partial charge on any atom is 0.0329 e. The lowest BCUT2D eigenvalue weighted by molar-refractivity contribution is 0.337. The van der Waals surface area contributed by atoms with Gasteiger partial charge in [-0.15, -0.1) is 0 Å². The standard InChI is InChI=1S/C15H23Br2N/c1-10-8-13(17)11(9-12(10)16)14(18-5)6-7-15(2,3)4/h8-9,14,18H,6-7H2,1-5H3. The predicted octanol–water partition coefficient (Wildman–Crippen LogP) is 5.61. The van der Waals surface area contributed by atoms with Crippen LogP contribution in [-0.2, 0) is 0 Å². The van der Waals surface area contributed by atoms with Gasteiger partial charge >= 0.3 is 0 Å². The van der Waals surface area contributed by atoms with E-state index in [9.17, 15) is 0 Å². The molecular formula is C15H23Br2N. The van der Waals surface area contributed by atoms with Crippen LogP contribution in [0.5, 0.6) is 0 Å². The van der Waals surface area contributed by atoms with E-state index in [2.05, 4.69) is 77.0 Å². The average Bonchev–Trinajstić information content (AvgIpc) is 2.24. The van der Waals surface area contributed by atoms with Crippen molar-refractivity contribution in [2.75, 3.05) is 7.05 Å². The number of benzene rings is 1.